The third-order valence-electron chi connectivity index (χ3n) is 4.47. The van der Waals surface area contributed by atoms with Crippen molar-refractivity contribution in [3.8, 4) is 11.3 Å². The van der Waals surface area contributed by atoms with E-state index in [0.29, 0.717) is 22.6 Å². The van der Waals surface area contributed by atoms with Crippen LogP contribution in [0.15, 0.2) is 29.6 Å². The number of nitrogens with zero attached hydrogens (tertiary/aromatic N) is 2. The zero-order valence-corrected chi connectivity index (χ0v) is 16.7. The van der Waals surface area contributed by atoms with E-state index in [9.17, 15) is 14.0 Å². The van der Waals surface area contributed by atoms with Gasteiger partial charge in [0.2, 0.25) is 11.8 Å². The lowest BCUT2D eigenvalue weighted by Gasteiger charge is -2.33. The largest absolute Gasteiger partial charge is 0.339 e. The van der Waals surface area contributed by atoms with Gasteiger partial charge in [-0.2, -0.15) is 0 Å². The van der Waals surface area contributed by atoms with Gasteiger partial charge in [0.05, 0.1) is 17.2 Å². The molecule has 1 aromatic carbocycles. The second-order valence-corrected chi connectivity index (χ2v) is 8.36. The number of anilines is 1. The highest BCUT2D eigenvalue weighted by molar-refractivity contribution is 8.00. The van der Waals surface area contributed by atoms with E-state index in [2.05, 4.69) is 17.2 Å². The molecule has 27 heavy (non-hydrogen) atoms. The molecular formula is C19H22FN3O2S2. The Balaban J connectivity index is 1.44. The van der Waals surface area contributed by atoms with E-state index in [1.54, 1.807) is 12.1 Å². The van der Waals surface area contributed by atoms with Gasteiger partial charge in [0.1, 0.15) is 5.82 Å². The first kappa shape index (κ1) is 19.8. The molecule has 1 aromatic heterocycles. The van der Waals surface area contributed by atoms with Gasteiger partial charge in [0, 0.05) is 23.5 Å². The number of benzene rings is 1. The topological polar surface area (TPSA) is 62.3 Å². The van der Waals surface area contributed by atoms with E-state index in [-0.39, 0.29) is 23.4 Å². The first-order valence-corrected chi connectivity index (χ1v) is 10.9. The van der Waals surface area contributed by atoms with Crippen molar-refractivity contribution in [1.29, 1.82) is 0 Å². The molecule has 0 radical (unpaired) electrons. The smallest absolute Gasteiger partial charge is 0.236 e. The van der Waals surface area contributed by atoms with Crippen molar-refractivity contribution in [3.63, 3.8) is 0 Å². The molecule has 8 heteroatoms. The molecule has 1 aliphatic rings. The highest BCUT2D eigenvalue weighted by Gasteiger charge is 2.23. The molecular weight excluding hydrogens is 385 g/mol. The third-order valence-corrected chi connectivity index (χ3v) is 6.15. The fraction of sp³-hybridized carbons (Fsp3) is 0.421. The summed E-state index contributed by atoms with van der Waals surface area (Å²) in [4.78, 5) is 30.6. The van der Waals surface area contributed by atoms with Gasteiger partial charge in [-0.1, -0.05) is 0 Å². The average molecular weight is 408 g/mol. The van der Waals surface area contributed by atoms with E-state index >= 15 is 0 Å². The van der Waals surface area contributed by atoms with Gasteiger partial charge in [-0.3, -0.25) is 9.59 Å². The Kier molecular flexibility index (Phi) is 6.84. The molecule has 5 nitrogen and oxygen atoms in total. The van der Waals surface area contributed by atoms with E-state index in [1.165, 1.54) is 41.7 Å². The molecule has 0 saturated carbocycles. The fourth-order valence-corrected chi connectivity index (χ4v) is 4.46. The Hall–Kier alpha value is -1.93. The molecule has 3 rings (SSSR count). The number of carbonyl (C=O) groups excluding carboxylic acids is 2. The number of rotatable bonds is 6. The van der Waals surface area contributed by atoms with Crippen LogP contribution in [0, 0.1) is 5.82 Å². The number of hydrogen-bond acceptors (Lipinski definition) is 5. The van der Waals surface area contributed by atoms with E-state index in [4.69, 9.17) is 0 Å². The number of amides is 2. The number of hydrogen-bond donors (Lipinski definition) is 1. The Morgan fingerprint density at radius 3 is 2.81 bits per heavy atom. The summed E-state index contributed by atoms with van der Waals surface area (Å²) in [5, 5.41) is 5.07. The lowest BCUT2D eigenvalue weighted by atomic mass is 10.0. The van der Waals surface area contributed by atoms with Crippen LogP contribution in [0.5, 0.6) is 0 Å². The lowest BCUT2D eigenvalue weighted by Crippen LogP contribution is -2.43. The Morgan fingerprint density at radius 2 is 2.07 bits per heavy atom. The van der Waals surface area contributed by atoms with E-state index < -0.39 is 0 Å². The molecule has 1 unspecified atom stereocenters. The number of piperidine rings is 1. The monoisotopic (exact) mass is 407 g/mol. The highest BCUT2D eigenvalue weighted by Crippen LogP contribution is 2.25. The number of thioether (sulfide) groups is 1. The van der Waals surface area contributed by atoms with Crippen molar-refractivity contribution in [2.75, 3.05) is 23.4 Å². The van der Waals surface area contributed by atoms with Crippen LogP contribution in [0.1, 0.15) is 26.2 Å². The van der Waals surface area contributed by atoms with E-state index in [1.807, 2.05) is 10.3 Å². The lowest BCUT2D eigenvalue weighted by molar-refractivity contribution is -0.131. The van der Waals surface area contributed by atoms with Crippen molar-refractivity contribution < 1.29 is 14.0 Å². The first-order chi connectivity index (χ1) is 13.0. The summed E-state index contributed by atoms with van der Waals surface area (Å²) in [7, 11) is 0. The van der Waals surface area contributed by atoms with Crippen molar-refractivity contribution in [1.82, 2.24) is 9.88 Å². The Bertz CT molecular complexity index is 795. The van der Waals surface area contributed by atoms with Gasteiger partial charge in [-0.05, 0) is 50.5 Å². The summed E-state index contributed by atoms with van der Waals surface area (Å²) in [5.74, 6) is 0.149. The number of carbonyl (C=O) groups is 2. The zero-order valence-electron chi connectivity index (χ0n) is 15.1. The second kappa shape index (κ2) is 9.32. The number of likely N-dealkylation sites (tertiary alicyclic amines) is 1. The molecule has 2 heterocycles. The van der Waals surface area contributed by atoms with Gasteiger partial charge in [-0.15, -0.1) is 23.1 Å². The molecule has 1 fully saturated rings. The average Bonchev–Trinajstić information content (AvgIpc) is 3.11. The molecule has 144 valence electrons. The SMILES string of the molecule is CC1CCCCN1C(=O)CSCC(=O)Nc1nc(-c2ccc(F)cc2)cs1. The highest BCUT2D eigenvalue weighted by atomic mass is 32.2. The van der Waals surface area contributed by atoms with Crippen LogP contribution in [0.25, 0.3) is 11.3 Å². The van der Waals surface area contributed by atoms with Gasteiger partial charge in [-0.25, -0.2) is 9.37 Å². The standard InChI is InChI=1S/C19H22FN3O2S2/c1-13-4-2-3-9-23(13)18(25)12-26-11-17(24)22-19-21-16(10-27-19)14-5-7-15(20)8-6-14/h5-8,10,13H,2-4,9,11-12H2,1H3,(H,21,22,24). The van der Waals surface area contributed by atoms with Crippen molar-refractivity contribution >= 4 is 40.0 Å². The molecule has 2 aromatic rings. The van der Waals surface area contributed by atoms with Gasteiger partial charge in [0.15, 0.2) is 5.13 Å². The van der Waals surface area contributed by atoms with Gasteiger partial charge >= 0.3 is 0 Å². The van der Waals surface area contributed by atoms with Crippen LogP contribution < -0.4 is 5.32 Å². The van der Waals surface area contributed by atoms with Crippen molar-refractivity contribution in [2.45, 2.75) is 32.2 Å². The molecule has 1 N–H and O–H groups in total. The Labute approximate surface area is 166 Å². The van der Waals surface area contributed by atoms with Crippen LogP contribution >= 0.6 is 23.1 Å². The predicted molar refractivity (Wildman–Crippen MR) is 108 cm³/mol. The minimum atomic E-state index is -0.298. The van der Waals surface area contributed by atoms with Gasteiger partial charge < -0.3 is 10.2 Å². The van der Waals surface area contributed by atoms with Crippen LogP contribution in [0.3, 0.4) is 0 Å². The minimum absolute atomic E-state index is 0.104. The molecule has 1 aliphatic heterocycles. The first-order valence-electron chi connectivity index (χ1n) is 8.91. The minimum Gasteiger partial charge on any atom is -0.339 e. The quantitative estimate of drug-likeness (QED) is 0.786. The molecule has 2 amide bonds. The van der Waals surface area contributed by atoms with Crippen LogP contribution in [0.4, 0.5) is 9.52 Å². The van der Waals surface area contributed by atoms with Gasteiger partial charge in [0.25, 0.3) is 0 Å². The zero-order chi connectivity index (χ0) is 19.2. The molecule has 0 aliphatic carbocycles. The summed E-state index contributed by atoms with van der Waals surface area (Å²) < 4.78 is 13.0. The maximum absolute atomic E-state index is 13.0. The second-order valence-electron chi connectivity index (χ2n) is 6.52. The molecule has 1 saturated heterocycles. The molecule has 1 atom stereocenters. The van der Waals surface area contributed by atoms with Crippen LogP contribution in [0.2, 0.25) is 0 Å². The summed E-state index contributed by atoms with van der Waals surface area (Å²) in [6.45, 7) is 2.90. The van der Waals surface area contributed by atoms with E-state index in [0.717, 1.165) is 24.9 Å². The van der Waals surface area contributed by atoms with Crippen molar-refractivity contribution in [3.05, 3.63) is 35.5 Å². The third kappa shape index (κ3) is 5.52. The summed E-state index contributed by atoms with van der Waals surface area (Å²) in [6.07, 6.45) is 3.28. The maximum atomic E-state index is 13.0. The number of aromatic nitrogens is 1. The summed E-state index contributed by atoms with van der Waals surface area (Å²) in [6, 6.07) is 6.35. The van der Waals surface area contributed by atoms with Crippen LogP contribution in [-0.4, -0.2) is 45.8 Å². The van der Waals surface area contributed by atoms with Crippen LogP contribution in [-0.2, 0) is 9.59 Å². The molecule has 0 bridgehead atoms. The number of nitrogens with one attached hydrogen (secondary N) is 1. The normalized spacial score (nSPS) is 17.0. The molecule has 0 spiro atoms. The Morgan fingerprint density at radius 1 is 1.30 bits per heavy atom. The number of halogens is 1. The summed E-state index contributed by atoms with van der Waals surface area (Å²) >= 11 is 2.64. The number of thiazole rings is 1. The maximum Gasteiger partial charge on any atom is 0.236 e. The predicted octanol–water partition coefficient (Wildman–Crippen LogP) is 4.02. The van der Waals surface area contributed by atoms with Crippen molar-refractivity contribution in [2.24, 2.45) is 0 Å². The fourth-order valence-electron chi connectivity index (χ4n) is 3.02. The summed E-state index contributed by atoms with van der Waals surface area (Å²) in [5.41, 5.74) is 1.49.